The minimum absolute atomic E-state index is 1.12. The number of hydrogen-bond acceptors (Lipinski definition) is 0. The highest BCUT2D eigenvalue weighted by atomic mass is 127. The third-order valence-electron chi connectivity index (χ3n) is 0.915. The molecule has 1 aliphatic rings. The quantitative estimate of drug-likeness (QED) is 0.321. The molecular weight excluding hydrogens is 174 g/mol. The van der Waals surface area contributed by atoms with Crippen LogP contribution in [0.3, 0.4) is 0 Å². The molecule has 1 saturated heterocycles. The topological polar surface area (TPSA) is 0 Å². The third kappa shape index (κ3) is 1.12. The summed E-state index contributed by atoms with van der Waals surface area (Å²) in [7, 11) is 1.50. The molecule has 1 aliphatic heterocycles. The van der Waals surface area contributed by atoms with E-state index in [4.69, 9.17) is 0 Å². The van der Waals surface area contributed by atoms with Crippen LogP contribution in [0, 0.1) is 0 Å². The van der Waals surface area contributed by atoms with E-state index in [9.17, 15) is 0 Å². The zero-order valence-corrected chi connectivity index (χ0v) is 5.23. The van der Waals surface area contributed by atoms with Crippen LogP contribution in [0.1, 0.15) is 0 Å². The molecule has 0 saturated carbocycles. The van der Waals surface area contributed by atoms with Gasteiger partial charge in [-0.15, -0.1) is 0 Å². The highest BCUT2D eigenvalue weighted by Crippen LogP contribution is 2.28. The molecule has 0 aliphatic carbocycles. The van der Waals surface area contributed by atoms with E-state index in [0.29, 0.717) is 0 Å². The zero-order valence-electron chi connectivity index (χ0n) is 3.08. The molecule has 0 aromatic carbocycles. The van der Waals surface area contributed by atoms with Crippen LogP contribution in [0.5, 0.6) is 0 Å². The van der Waals surface area contributed by atoms with Gasteiger partial charge in [0.15, 0.2) is 0 Å². The van der Waals surface area contributed by atoms with Gasteiger partial charge in [0, 0.05) is 0 Å². The fourth-order valence-electron chi connectivity index (χ4n) is 0.272. The molecule has 0 spiro atoms. The first-order valence-electron chi connectivity index (χ1n) is 1.99. The van der Waals surface area contributed by atoms with Crippen molar-refractivity contribution in [3.8, 4) is 0 Å². The molecule has 0 bridgehead atoms. The van der Waals surface area contributed by atoms with Crippen molar-refractivity contribution in [2.45, 2.75) is 12.1 Å². The second-order valence-corrected chi connectivity index (χ2v) is 2.48. The lowest BCUT2D eigenvalue weighted by molar-refractivity contribution is 1.26. The standard InChI is InChI=1S/C3H6BI/c5-2-3-1-4-3/h3-4H,1-2H2. The van der Waals surface area contributed by atoms with Crippen LogP contribution in [0.2, 0.25) is 12.1 Å². The van der Waals surface area contributed by atoms with Crippen molar-refractivity contribution in [3.05, 3.63) is 0 Å². The molecule has 1 rings (SSSR count). The Balaban J connectivity index is 2.00. The summed E-state index contributed by atoms with van der Waals surface area (Å²) in [6.45, 7) is 0. The summed E-state index contributed by atoms with van der Waals surface area (Å²) < 4.78 is 1.39. The second-order valence-electron chi connectivity index (χ2n) is 1.60. The van der Waals surface area contributed by atoms with Crippen molar-refractivity contribution in [2.75, 3.05) is 4.43 Å². The van der Waals surface area contributed by atoms with Gasteiger partial charge in [-0.05, 0) is 4.43 Å². The van der Waals surface area contributed by atoms with E-state index in [2.05, 4.69) is 22.6 Å². The van der Waals surface area contributed by atoms with E-state index in [1.54, 1.807) is 0 Å². The van der Waals surface area contributed by atoms with E-state index in [1.165, 1.54) is 18.0 Å². The van der Waals surface area contributed by atoms with Gasteiger partial charge in [0.05, 0.1) is 0 Å². The minimum atomic E-state index is 1.12. The van der Waals surface area contributed by atoms with E-state index < -0.39 is 0 Å². The van der Waals surface area contributed by atoms with E-state index in [1.807, 2.05) is 0 Å². The number of halogens is 1. The summed E-state index contributed by atoms with van der Waals surface area (Å²) in [6, 6.07) is 0. The van der Waals surface area contributed by atoms with Crippen LogP contribution in [0.15, 0.2) is 0 Å². The van der Waals surface area contributed by atoms with E-state index in [0.717, 1.165) is 5.82 Å². The van der Waals surface area contributed by atoms with Crippen LogP contribution >= 0.6 is 22.6 Å². The van der Waals surface area contributed by atoms with Crippen molar-refractivity contribution in [1.82, 2.24) is 0 Å². The average Bonchev–Trinajstić information content (AvgIpc) is 2.12. The Morgan fingerprint density at radius 3 is 2.60 bits per heavy atom. The molecule has 1 heterocycles. The number of alkyl halides is 1. The lowest BCUT2D eigenvalue weighted by Crippen LogP contribution is -1.62. The van der Waals surface area contributed by atoms with Gasteiger partial charge in [-0.1, -0.05) is 34.7 Å². The molecule has 0 aromatic heterocycles. The summed E-state index contributed by atoms with van der Waals surface area (Å²) in [5.74, 6) is 1.12. The molecule has 2 heteroatoms. The Morgan fingerprint density at radius 1 is 2.00 bits per heavy atom. The Morgan fingerprint density at radius 2 is 2.60 bits per heavy atom. The Hall–Kier alpha value is 0.795. The fourth-order valence-corrected chi connectivity index (χ4v) is 1.15. The summed E-state index contributed by atoms with van der Waals surface area (Å²) in [5, 5.41) is 0. The van der Waals surface area contributed by atoms with Crippen LogP contribution < -0.4 is 0 Å². The van der Waals surface area contributed by atoms with Crippen molar-refractivity contribution in [2.24, 2.45) is 0 Å². The van der Waals surface area contributed by atoms with Gasteiger partial charge in [-0.2, -0.15) is 0 Å². The third-order valence-corrected chi connectivity index (χ3v) is 2.16. The monoisotopic (exact) mass is 180 g/mol. The first-order chi connectivity index (χ1) is 2.43. The lowest BCUT2D eigenvalue weighted by Gasteiger charge is -1.71. The number of hydrogen-bond donors (Lipinski definition) is 0. The van der Waals surface area contributed by atoms with Crippen molar-refractivity contribution in [3.63, 3.8) is 0 Å². The Bertz CT molecular complexity index is 33.9. The molecule has 0 amide bonds. The maximum absolute atomic E-state index is 2.44. The fraction of sp³-hybridized carbons (Fsp3) is 1.00. The Kier molecular flexibility index (Phi) is 1.19. The van der Waals surface area contributed by atoms with Gasteiger partial charge in [-0.25, -0.2) is 0 Å². The van der Waals surface area contributed by atoms with Crippen molar-refractivity contribution < 1.29 is 0 Å². The van der Waals surface area contributed by atoms with E-state index in [-0.39, 0.29) is 0 Å². The summed E-state index contributed by atoms with van der Waals surface area (Å²) in [6.07, 6.45) is 1.50. The highest BCUT2D eigenvalue weighted by Gasteiger charge is 2.20. The molecule has 28 valence electrons. The van der Waals surface area contributed by atoms with Gasteiger partial charge in [-0.3, -0.25) is 0 Å². The summed E-state index contributed by atoms with van der Waals surface area (Å²) in [5.41, 5.74) is 0. The van der Waals surface area contributed by atoms with Crippen LogP contribution in [0.25, 0.3) is 0 Å². The second kappa shape index (κ2) is 1.50. The molecule has 5 heavy (non-hydrogen) atoms. The summed E-state index contributed by atoms with van der Waals surface area (Å²) >= 11 is 2.44. The van der Waals surface area contributed by atoms with Crippen LogP contribution in [0.4, 0.5) is 0 Å². The van der Waals surface area contributed by atoms with Gasteiger partial charge >= 0.3 is 0 Å². The lowest BCUT2D eigenvalue weighted by atomic mass is 10.0. The van der Waals surface area contributed by atoms with E-state index >= 15 is 0 Å². The molecule has 1 unspecified atom stereocenters. The maximum Gasteiger partial charge on any atom is 0.123 e. The first kappa shape index (κ1) is 3.97. The molecule has 0 radical (unpaired) electrons. The predicted octanol–water partition coefficient (Wildman–Crippen LogP) is 1.08. The van der Waals surface area contributed by atoms with Gasteiger partial charge in [0.25, 0.3) is 0 Å². The average molecular weight is 180 g/mol. The number of rotatable bonds is 1. The highest BCUT2D eigenvalue weighted by molar-refractivity contribution is 14.1. The molecule has 1 atom stereocenters. The molecule has 1 fully saturated rings. The van der Waals surface area contributed by atoms with Crippen LogP contribution in [-0.2, 0) is 0 Å². The normalized spacial score (nSPS) is 32.6. The van der Waals surface area contributed by atoms with Crippen molar-refractivity contribution in [1.29, 1.82) is 0 Å². The largest absolute Gasteiger partial charge is 0.123 e. The molecule has 0 aromatic rings. The molecule has 0 N–H and O–H groups in total. The molecule has 0 nitrogen and oxygen atoms in total. The Labute approximate surface area is 46.7 Å². The smallest absolute Gasteiger partial charge is 0.0869 e. The van der Waals surface area contributed by atoms with Gasteiger partial charge in [0.2, 0.25) is 0 Å². The van der Waals surface area contributed by atoms with Crippen molar-refractivity contribution >= 4 is 29.9 Å². The molecular formula is C3H6BI. The van der Waals surface area contributed by atoms with Gasteiger partial charge in [0.1, 0.15) is 7.28 Å². The zero-order chi connectivity index (χ0) is 3.70. The SMILES string of the molecule is ICC1BC1. The predicted molar refractivity (Wildman–Crippen MR) is 34.6 cm³/mol. The van der Waals surface area contributed by atoms with Gasteiger partial charge < -0.3 is 0 Å². The summed E-state index contributed by atoms with van der Waals surface area (Å²) in [4.78, 5) is 0. The minimum Gasteiger partial charge on any atom is -0.0869 e. The van der Waals surface area contributed by atoms with Crippen LogP contribution in [-0.4, -0.2) is 11.7 Å². The first-order valence-corrected chi connectivity index (χ1v) is 3.52. The maximum atomic E-state index is 2.44.